The molecule has 5 nitrogen and oxygen atoms in total. The van der Waals surface area contributed by atoms with E-state index >= 15 is 0 Å². The molecule has 0 aliphatic rings. The van der Waals surface area contributed by atoms with Gasteiger partial charge in [-0.2, -0.15) is 0 Å². The first kappa shape index (κ1) is 13.6. The molecule has 0 aliphatic heterocycles. The molecule has 0 spiro atoms. The number of hydrogen-bond acceptors (Lipinski definition) is 4. The summed E-state index contributed by atoms with van der Waals surface area (Å²) in [6, 6.07) is 5.35. The van der Waals surface area contributed by atoms with Crippen LogP contribution in [0.4, 0.5) is 13.2 Å². The Hall–Kier alpha value is -2.35. The number of hydrogen-bond donors (Lipinski definition) is 0. The van der Waals surface area contributed by atoms with Gasteiger partial charge in [0.15, 0.2) is 5.65 Å². The largest absolute Gasteiger partial charge is 0.573 e. The first-order valence-electron chi connectivity index (χ1n) is 5.65. The van der Waals surface area contributed by atoms with Gasteiger partial charge >= 0.3 is 6.36 Å². The minimum absolute atomic E-state index is 0.172. The van der Waals surface area contributed by atoms with Crippen molar-refractivity contribution < 1.29 is 17.9 Å². The van der Waals surface area contributed by atoms with E-state index in [9.17, 15) is 13.2 Å². The molecule has 0 aliphatic carbocycles. The van der Waals surface area contributed by atoms with Gasteiger partial charge in [0.1, 0.15) is 5.75 Å². The highest BCUT2D eigenvalue weighted by molar-refractivity contribution is 6.28. The molecule has 0 saturated heterocycles. The zero-order valence-corrected chi connectivity index (χ0v) is 10.9. The number of alkyl halides is 3. The molecule has 0 bridgehead atoms. The third kappa shape index (κ3) is 2.89. The number of benzene rings is 1. The van der Waals surface area contributed by atoms with Crippen molar-refractivity contribution in [2.24, 2.45) is 0 Å². The molecular formula is C12H6ClF3N4O. The number of rotatable bonds is 2. The van der Waals surface area contributed by atoms with E-state index < -0.39 is 6.36 Å². The van der Waals surface area contributed by atoms with Crippen LogP contribution in [0.2, 0.25) is 5.28 Å². The minimum atomic E-state index is -4.71. The van der Waals surface area contributed by atoms with E-state index in [-0.39, 0.29) is 11.0 Å². The van der Waals surface area contributed by atoms with Gasteiger partial charge in [-0.1, -0.05) is 0 Å². The zero-order valence-electron chi connectivity index (χ0n) is 10.2. The van der Waals surface area contributed by atoms with Gasteiger partial charge < -0.3 is 4.74 Å². The summed E-state index contributed by atoms with van der Waals surface area (Å²) in [5.41, 5.74) is 1.60. The molecule has 21 heavy (non-hydrogen) atoms. The van der Waals surface area contributed by atoms with Crippen molar-refractivity contribution in [2.75, 3.05) is 0 Å². The molecule has 0 radical (unpaired) electrons. The summed E-state index contributed by atoms with van der Waals surface area (Å²) in [6.45, 7) is 0. The van der Waals surface area contributed by atoms with E-state index in [4.69, 9.17) is 11.6 Å². The van der Waals surface area contributed by atoms with Crippen molar-refractivity contribution in [3.63, 3.8) is 0 Å². The maximum absolute atomic E-state index is 12.1. The van der Waals surface area contributed by atoms with Gasteiger partial charge in [-0.25, -0.2) is 0 Å². The highest BCUT2D eigenvalue weighted by atomic mass is 35.5. The highest BCUT2D eigenvalue weighted by Gasteiger charge is 2.30. The molecule has 0 atom stereocenters. The molecule has 9 heteroatoms. The molecule has 0 saturated carbocycles. The molecule has 3 rings (SSSR count). The normalized spacial score (nSPS) is 11.8. The van der Waals surface area contributed by atoms with Crippen molar-refractivity contribution in [1.82, 2.24) is 19.6 Å². The van der Waals surface area contributed by atoms with Crippen LogP contribution in [0.15, 0.2) is 36.7 Å². The van der Waals surface area contributed by atoms with Crippen molar-refractivity contribution in [3.8, 4) is 17.0 Å². The van der Waals surface area contributed by atoms with Crippen LogP contribution in [-0.2, 0) is 0 Å². The van der Waals surface area contributed by atoms with Crippen molar-refractivity contribution in [1.29, 1.82) is 0 Å². The number of fused-ring (bicyclic) bond motifs is 1. The minimum Gasteiger partial charge on any atom is -0.406 e. The Balaban J connectivity index is 1.93. The van der Waals surface area contributed by atoms with Crippen molar-refractivity contribution >= 4 is 17.2 Å². The lowest BCUT2D eigenvalue weighted by molar-refractivity contribution is -0.274. The number of halogens is 4. The fraction of sp³-hybridized carbons (Fsp3) is 0.0833. The lowest BCUT2D eigenvalue weighted by Gasteiger charge is -2.09. The Morgan fingerprint density at radius 1 is 1.10 bits per heavy atom. The maximum atomic E-state index is 12.1. The zero-order chi connectivity index (χ0) is 15.0. The summed E-state index contributed by atoms with van der Waals surface area (Å²) in [7, 11) is 0. The number of nitrogens with zero attached hydrogens (tertiary/aromatic N) is 4. The highest BCUT2D eigenvalue weighted by Crippen LogP contribution is 2.26. The molecule has 0 N–H and O–H groups in total. The molecular weight excluding hydrogens is 309 g/mol. The van der Waals surface area contributed by atoms with E-state index in [1.807, 2.05) is 0 Å². The molecule has 0 unspecified atom stereocenters. The van der Waals surface area contributed by atoms with Crippen LogP contribution in [0.1, 0.15) is 0 Å². The quantitative estimate of drug-likeness (QED) is 0.728. The summed E-state index contributed by atoms with van der Waals surface area (Å²) in [5.74, 6) is -0.297. The average molecular weight is 315 g/mol. The van der Waals surface area contributed by atoms with Crippen molar-refractivity contribution in [3.05, 3.63) is 41.9 Å². The van der Waals surface area contributed by atoms with Gasteiger partial charge in [0, 0.05) is 11.8 Å². The number of aromatic nitrogens is 4. The third-order valence-corrected chi connectivity index (χ3v) is 2.89. The van der Waals surface area contributed by atoms with Crippen LogP contribution in [-0.4, -0.2) is 25.9 Å². The van der Waals surface area contributed by atoms with Crippen LogP contribution in [0.3, 0.4) is 0 Å². The molecule has 0 fully saturated rings. The lowest BCUT2D eigenvalue weighted by Crippen LogP contribution is -2.16. The Labute approximate surface area is 121 Å². The second-order valence-corrected chi connectivity index (χ2v) is 4.38. The number of ether oxygens (including phenoxy) is 1. The first-order valence-corrected chi connectivity index (χ1v) is 6.03. The van der Waals surface area contributed by atoms with Gasteiger partial charge in [0.05, 0.1) is 11.9 Å². The van der Waals surface area contributed by atoms with Crippen LogP contribution in [0.5, 0.6) is 5.75 Å². The SMILES string of the molecule is FC(F)(F)Oc1ccc(-c2cn3c(Cl)nnc3cn2)cc1. The van der Waals surface area contributed by atoms with Gasteiger partial charge in [0.2, 0.25) is 5.28 Å². The summed E-state index contributed by atoms with van der Waals surface area (Å²) >= 11 is 5.85. The van der Waals surface area contributed by atoms with E-state index in [2.05, 4.69) is 19.9 Å². The summed E-state index contributed by atoms with van der Waals surface area (Å²) < 4.78 is 41.6. The Bertz CT molecular complexity index is 785. The molecule has 1 aromatic carbocycles. The summed E-state index contributed by atoms with van der Waals surface area (Å²) in [4.78, 5) is 4.15. The van der Waals surface area contributed by atoms with Gasteiger partial charge in [-0.3, -0.25) is 9.38 Å². The topological polar surface area (TPSA) is 52.3 Å². The molecule has 0 amide bonds. The molecule has 3 aromatic rings. The van der Waals surface area contributed by atoms with E-state index in [1.165, 1.54) is 34.9 Å². The predicted molar refractivity (Wildman–Crippen MR) is 67.9 cm³/mol. The summed E-state index contributed by atoms with van der Waals surface area (Å²) in [5, 5.41) is 7.63. The van der Waals surface area contributed by atoms with Crippen LogP contribution < -0.4 is 4.74 Å². The Morgan fingerprint density at radius 2 is 1.81 bits per heavy atom. The standard InChI is InChI=1S/C12H6ClF3N4O/c13-11-19-18-10-5-17-9(6-20(10)11)7-1-3-8(4-2-7)21-12(14,15)16/h1-6H. The fourth-order valence-electron chi connectivity index (χ4n) is 1.75. The smallest absolute Gasteiger partial charge is 0.406 e. The van der Waals surface area contributed by atoms with Crippen molar-refractivity contribution in [2.45, 2.75) is 6.36 Å². The van der Waals surface area contributed by atoms with Gasteiger partial charge in [0.25, 0.3) is 0 Å². The molecule has 108 valence electrons. The van der Waals surface area contributed by atoms with Gasteiger partial charge in [-0.05, 0) is 35.9 Å². The fourth-order valence-corrected chi connectivity index (χ4v) is 1.92. The van der Waals surface area contributed by atoms with Crippen LogP contribution >= 0.6 is 11.6 Å². The Kier molecular flexibility index (Phi) is 3.17. The predicted octanol–water partition coefficient (Wildman–Crippen LogP) is 3.34. The van der Waals surface area contributed by atoms with E-state index in [0.29, 0.717) is 16.9 Å². The van der Waals surface area contributed by atoms with Crippen LogP contribution in [0, 0.1) is 0 Å². The van der Waals surface area contributed by atoms with E-state index in [1.54, 1.807) is 6.20 Å². The lowest BCUT2D eigenvalue weighted by atomic mass is 10.1. The Morgan fingerprint density at radius 3 is 2.48 bits per heavy atom. The molecule has 2 heterocycles. The van der Waals surface area contributed by atoms with Crippen LogP contribution in [0.25, 0.3) is 16.9 Å². The second kappa shape index (κ2) is 4.88. The maximum Gasteiger partial charge on any atom is 0.573 e. The summed E-state index contributed by atoms with van der Waals surface area (Å²) in [6.07, 6.45) is -1.65. The molecule has 2 aromatic heterocycles. The average Bonchev–Trinajstić information content (AvgIpc) is 2.79. The monoisotopic (exact) mass is 314 g/mol. The second-order valence-electron chi connectivity index (χ2n) is 4.04. The van der Waals surface area contributed by atoms with E-state index in [0.717, 1.165) is 0 Å². The van der Waals surface area contributed by atoms with Gasteiger partial charge in [-0.15, -0.1) is 23.4 Å². The third-order valence-electron chi connectivity index (χ3n) is 2.63. The first-order chi connectivity index (χ1) is 9.92.